The van der Waals surface area contributed by atoms with Gasteiger partial charge < -0.3 is 14.1 Å². The van der Waals surface area contributed by atoms with Gasteiger partial charge in [0.1, 0.15) is 5.82 Å². The molecule has 0 bridgehead atoms. The molecule has 2 aromatic heterocycles. The molecule has 5 nitrogen and oxygen atoms in total. The molecule has 0 fully saturated rings. The normalized spacial score (nSPS) is 10.5. The summed E-state index contributed by atoms with van der Waals surface area (Å²) < 4.78 is 15.8. The average Bonchev–Trinajstić information content (AvgIpc) is 2.49. The number of aromatic nitrogens is 2. The molecule has 0 spiro atoms. The molecule has 3 rings (SSSR count). The summed E-state index contributed by atoms with van der Waals surface area (Å²) in [5, 5.41) is 9.76. The van der Waals surface area contributed by atoms with Crippen LogP contribution in [0, 0.1) is 5.82 Å². The van der Waals surface area contributed by atoms with Crippen molar-refractivity contribution in [3.8, 4) is 5.75 Å². The maximum absolute atomic E-state index is 13.2. The molecule has 0 aliphatic rings. The molecule has 0 radical (unpaired) electrons. The smallest absolute Gasteiger partial charge is 0.279 e. The van der Waals surface area contributed by atoms with Crippen molar-refractivity contribution in [2.75, 3.05) is 0 Å². The van der Waals surface area contributed by atoms with Crippen LogP contribution in [0.5, 0.6) is 5.75 Å². The molecule has 23 heavy (non-hydrogen) atoms. The quantitative estimate of drug-likeness (QED) is 0.766. The SMILES string of the molecule is Cl.O=c1ccn2ccn(Cc3ccc(F)c(Cl)c3)c(=O)c2c1O. The van der Waals surface area contributed by atoms with E-state index < -0.39 is 22.6 Å². The lowest BCUT2D eigenvalue weighted by Crippen LogP contribution is -2.24. The van der Waals surface area contributed by atoms with Gasteiger partial charge in [-0.3, -0.25) is 9.59 Å². The Kier molecular flexibility index (Phi) is 4.77. The number of pyridine rings is 1. The van der Waals surface area contributed by atoms with Crippen molar-refractivity contribution in [1.29, 1.82) is 0 Å². The maximum atomic E-state index is 13.2. The fourth-order valence-electron chi connectivity index (χ4n) is 2.19. The van der Waals surface area contributed by atoms with Crippen LogP contribution in [0.15, 0.2) is 52.4 Å². The summed E-state index contributed by atoms with van der Waals surface area (Å²) in [4.78, 5) is 23.9. The second-order valence-corrected chi connectivity index (χ2v) is 5.17. The van der Waals surface area contributed by atoms with E-state index >= 15 is 0 Å². The van der Waals surface area contributed by atoms with E-state index in [0.29, 0.717) is 5.56 Å². The molecule has 0 atom stereocenters. The largest absolute Gasteiger partial charge is 0.503 e. The minimum Gasteiger partial charge on any atom is -0.503 e. The van der Waals surface area contributed by atoms with Gasteiger partial charge in [-0.25, -0.2) is 4.39 Å². The highest BCUT2D eigenvalue weighted by Gasteiger charge is 2.10. The Labute approximate surface area is 140 Å². The minimum absolute atomic E-state index is 0. The molecule has 0 saturated heterocycles. The summed E-state index contributed by atoms with van der Waals surface area (Å²) in [5.74, 6) is -1.14. The fourth-order valence-corrected chi connectivity index (χ4v) is 2.39. The number of nitrogens with zero attached hydrogens (tertiary/aromatic N) is 2. The topological polar surface area (TPSA) is 63.7 Å². The Hall–Kier alpha value is -2.31. The third-order valence-electron chi connectivity index (χ3n) is 3.31. The van der Waals surface area contributed by atoms with Crippen molar-refractivity contribution in [3.63, 3.8) is 0 Å². The van der Waals surface area contributed by atoms with Gasteiger partial charge in [-0.05, 0) is 17.7 Å². The van der Waals surface area contributed by atoms with Crippen molar-refractivity contribution < 1.29 is 9.50 Å². The number of hydrogen-bond acceptors (Lipinski definition) is 3. The van der Waals surface area contributed by atoms with Gasteiger partial charge in [0.25, 0.3) is 5.56 Å². The van der Waals surface area contributed by atoms with E-state index in [1.54, 1.807) is 6.20 Å². The maximum Gasteiger partial charge on any atom is 0.279 e. The highest BCUT2D eigenvalue weighted by atomic mass is 35.5. The molecule has 0 unspecified atom stereocenters. The summed E-state index contributed by atoms with van der Waals surface area (Å²) >= 11 is 5.71. The van der Waals surface area contributed by atoms with E-state index in [2.05, 4.69) is 0 Å². The standard InChI is InChI=1S/C15H10ClFN2O3.ClH/c16-10-7-9(1-2-11(10)17)8-19-6-5-18-4-3-12(20)14(21)13(18)15(19)22;/h1-7,21H,8H2;1H. The zero-order chi connectivity index (χ0) is 15.9. The van der Waals surface area contributed by atoms with E-state index in [4.69, 9.17) is 11.6 Å². The molecule has 0 aliphatic heterocycles. The lowest BCUT2D eigenvalue weighted by molar-refractivity contribution is 0.472. The number of halogens is 3. The van der Waals surface area contributed by atoms with Crippen LogP contribution in [0.3, 0.4) is 0 Å². The first-order chi connectivity index (χ1) is 10.5. The molecular formula is C15H11Cl2FN2O3. The van der Waals surface area contributed by atoms with Gasteiger partial charge in [0, 0.05) is 24.7 Å². The first-order valence-corrected chi connectivity index (χ1v) is 6.72. The Bertz CT molecular complexity index is 998. The molecule has 1 N–H and O–H groups in total. The van der Waals surface area contributed by atoms with Crippen LogP contribution in [-0.2, 0) is 6.54 Å². The molecule has 2 heterocycles. The lowest BCUT2D eigenvalue weighted by Gasteiger charge is -2.09. The molecule has 120 valence electrons. The Morgan fingerprint density at radius 3 is 2.57 bits per heavy atom. The number of fused-ring (bicyclic) bond motifs is 1. The summed E-state index contributed by atoms with van der Waals surface area (Å²) in [6, 6.07) is 5.32. The second-order valence-electron chi connectivity index (χ2n) is 4.76. The van der Waals surface area contributed by atoms with Crippen molar-refractivity contribution >= 4 is 29.5 Å². The lowest BCUT2D eigenvalue weighted by atomic mass is 10.2. The fraction of sp³-hybridized carbons (Fsp3) is 0.0667. The van der Waals surface area contributed by atoms with Gasteiger partial charge >= 0.3 is 0 Å². The Morgan fingerprint density at radius 1 is 1.13 bits per heavy atom. The molecule has 0 aliphatic carbocycles. The molecule has 3 aromatic rings. The van der Waals surface area contributed by atoms with Crippen LogP contribution in [0.25, 0.3) is 5.52 Å². The molecular weight excluding hydrogens is 346 g/mol. The number of hydrogen-bond donors (Lipinski definition) is 1. The van der Waals surface area contributed by atoms with Gasteiger partial charge in [-0.2, -0.15) is 0 Å². The molecule has 1 aromatic carbocycles. The van der Waals surface area contributed by atoms with Gasteiger partial charge in [-0.1, -0.05) is 17.7 Å². The van der Waals surface area contributed by atoms with Gasteiger partial charge in [-0.15, -0.1) is 12.4 Å². The van der Waals surface area contributed by atoms with Crippen LogP contribution < -0.4 is 11.0 Å². The van der Waals surface area contributed by atoms with Crippen LogP contribution >= 0.6 is 24.0 Å². The second kappa shape index (κ2) is 6.44. The number of benzene rings is 1. The molecule has 0 amide bonds. The zero-order valence-corrected chi connectivity index (χ0v) is 13.1. The van der Waals surface area contributed by atoms with Crippen LogP contribution in [0.2, 0.25) is 5.02 Å². The first kappa shape index (κ1) is 17.1. The zero-order valence-electron chi connectivity index (χ0n) is 11.6. The third-order valence-corrected chi connectivity index (χ3v) is 3.60. The van der Waals surface area contributed by atoms with Crippen LogP contribution in [0.4, 0.5) is 4.39 Å². The van der Waals surface area contributed by atoms with E-state index in [0.717, 1.165) is 0 Å². The summed E-state index contributed by atoms with van der Waals surface area (Å²) in [6.07, 6.45) is 4.45. The van der Waals surface area contributed by atoms with E-state index in [1.165, 1.54) is 45.6 Å². The van der Waals surface area contributed by atoms with Crippen molar-refractivity contribution in [2.24, 2.45) is 0 Å². The van der Waals surface area contributed by atoms with Gasteiger partial charge in [0.15, 0.2) is 11.3 Å². The average molecular weight is 357 g/mol. The highest BCUT2D eigenvalue weighted by molar-refractivity contribution is 6.30. The van der Waals surface area contributed by atoms with Crippen molar-refractivity contribution in [1.82, 2.24) is 8.97 Å². The number of aromatic hydroxyl groups is 1. The van der Waals surface area contributed by atoms with Crippen LogP contribution in [-0.4, -0.2) is 14.1 Å². The summed E-state index contributed by atoms with van der Waals surface area (Å²) in [5.41, 5.74) is -0.642. The van der Waals surface area contributed by atoms with Crippen molar-refractivity contribution in [2.45, 2.75) is 6.54 Å². The van der Waals surface area contributed by atoms with Gasteiger partial charge in [0.2, 0.25) is 5.43 Å². The van der Waals surface area contributed by atoms with Crippen LogP contribution in [0.1, 0.15) is 5.56 Å². The monoisotopic (exact) mass is 356 g/mol. The van der Waals surface area contributed by atoms with Crippen molar-refractivity contribution in [3.05, 3.63) is 79.8 Å². The molecule has 0 saturated carbocycles. The van der Waals surface area contributed by atoms with Gasteiger partial charge in [0.05, 0.1) is 11.6 Å². The van der Waals surface area contributed by atoms with E-state index in [9.17, 15) is 19.1 Å². The third kappa shape index (κ3) is 3.09. The summed E-state index contributed by atoms with van der Waals surface area (Å²) in [6.45, 7) is 0.137. The first-order valence-electron chi connectivity index (χ1n) is 6.34. The minimum atomic E-state index is -0.625. The number of rotatable bonds is 2. The predicted octanol–water partition coefficient (Wildman–Crippen LogP) is 2.43. The Morgan fingerprint density at radius 2 is 1.87 bits per heavy atom. The Balaban J connectivity index is 0.00000192. The van der Waals surface area contributed by atoms with E-state index in [1.807, 2.05) is 0 Å². The highest BCUT2D eigenvalue weighted by Crippen LogP contribution is 2.16. The molecule has 8 heteroatoms. The van der Waals surface area contributed by atoms with E-state index in [-0.39, 0.29) is 29.5 Å². The predicted molar refractivity (Wildman–Crippen MR) is 87.4 cm³/mol. The summed E-state index contributed by atoms with van der Waals surface area (Å²) in [7, 11) is 0.